The van der Waals surface area contributed by atoms with E-state index in [-0.39, 0.29) is 33.4 Å². The fraction of sp³-hybridized carbons (Fsp3) is 0.500. The molecule has 4 rings (SSSR count). The molecule has 9 amide bonds. The van der Waals surface area contributed by atoms with E-state index in [9.17, 15) is 162 Å². The number of hydrogen-bond donors (Lipinski definition) is 21. The Labute approximate surface area is 535 Å². The van der Waals surface area contributed by atoms with Gasteiger partial charge in [-0.2, -0.15) is 0 Å². The van der Waals surface area contributed by atoms with E-state index in [2.05, 4.69) is 16.0 Å². The van der Waals surface area contributed by atoms with Gasteiger partial charge in [-0.1, -0.05) is 0 Å². The first-order chi connectivity index (χ1) is 44.6. The van der Waals surface area contributed by atoms with Crippen LogP contribution in [0.15, 0.2) is 0 Å². The summed E-state index contributed by atoms with van der Waals surface area (Å²) in [6.07, 6.45) is -13.7. The fourth-order valence-electron chi connectivity index (χ4n) is 10.7. The van der Waals surface area contributed by atoms with Crippen molar-refractivity contribution in [1.29, 1.82) is 0 Å². The van der Waals surface area contributed by atoms with Crippen molar-refractivity contribution in [2.75, 3.05) is 0 Å². The third-order valence-corrected chi connectivity index (χ3v) is 15.1. The van der Waals surface area contributed by atoms with Crippen molar-refractivity contribution in [2.24, 2.45) is 17.8 Å². The molecule has 0 bridgehead atoms. The summed E-state index contributed by atoms with van der Waals surface area (Å²) in [5.74, 6) is -38.5. The minimum atomic E-state index is -2.23. The van der Waals surface area contributed by atoms with Crippen LogP contribution >= 0.6 is 0 Å². The molecule has 42 nitrogen and oxygen atoms in total. The molecule has 1 aromatic rings. The molecule has 3 aliphatic rings. The first kappa shape index (κ1) is 76.5. The van der Waals surface area contributed by atoms with Gasteiger partial charge in [0, 0.05) is 17.8 Å². The maximum Gasteiger partial charge on any atom is 0.326 e. The van der Waals surface area contributed by atoms with Gasteiger partial charge in [0.05, 0.1) is 57.8 Å². The third kappa shape index (κ3) is 22.2. The normalized spacial score (nSPS) is 17.6. The van der Waals surface area contributed by atoms with Gasteiger partial charge in [0.15, 0.2) is 0 Å². The van der Waals surface area contributed by atoms with E-state index in [1.165, 1.54) is 0 Å². The van der Waals surface area contributed by atoms with Crippen LogP contribution in [0.25, 0.3) is 0 Å². The second kappa shape index (κ2) is 33.6. The number of carbonyl (C=O) groups excluding carboxylic acids is 9. The maximum absolute atomic E-state index is 14.5. The molecule has 9 atom stereocenters. The van der Waals surface area contributed by atoms with Crippen LogP contribution in [-0.2, 0) is 139 Å². The predicted octanol–water partition coefficient (Wildman–Crippen LogP) is -8.28. The van der Waals surface area contributed by atoms with Gasteiger partial charge in [0.2, 0.25) is 53.2 Å². The summed E-state index contributed by atoms with van der Waals surface area (Å²) in [5.41, 5.74) is 1.39. The van der Waals surface area contributed by atoms with Gasteiger partial charge >= 0.3 is 71.6 Å². The molecule has 96 heavy (non-hydrogen) atoms. The molecular weight excluding hydrogens is 1300 g/mol. The van der Waals surface area contributed by atoms with Crippen molar-refractivity contribution in [3.8, 4) is 0 Å². The molecule has 0 saturated heterocycles. The first-order valence-corrected chi connectivity index (χ1v) is 28.2. The van der Waals surface area contributed by atoms with Gasteiger partial charge in [-0.3, -0.25) is 71.9 Å². The molecule has 0 aliphatic heterocycles. The summed E-state index contributed by atoms with van der Waals surface area (Å²) >= 11 is 0. The monoisotopic (exact) mass is 1370 g/mol. The van der Waals surface area contributed by atoms with E-state index in [1.807, 2.05) is 31.9 Å². The van der Waals surface area contributed by atoms with Crippen LogP contribution < -0.4 is 47.9 Å². The molecule has 0 radical (unpaired) electrons. The Morgan fingerprint density at radius 3 is 0.531 bits per heavy atom. The Kier molecular flexibility index (Phi) is 26.8. The zero-order valence-electron chi connectivity index (χ0n) is 49.5. The third-order valence-electron chi connectivity index (χ3n) is 15.1. The van der Waals surface area contributed by atoms with Crippen LogP contribution in [0.1, 0.15) is 91.2 Å². The number of carbonyl (C=O) groups is 21. The van der Waals surface area contributed by atoms with Crippen LogP contribution in [0.4, 0.5) is 0 Å². The molecule has 42 heteroatoms. The smallest absolute Gasteiger partial charge is 0.326 e. The van der Waals surface area contributed by atoms with Crippen molar-refractivity contribution in [2.45, 2.75) is 151 Å². The number of rotatable bonds is 39. The number of nitrogens with one attached hydrogen (secondary N) is 9. The number of amides is 9. The van der Waals surface area contributed by atoms with Crippen LogP contribution in [0.2, 0.25) is 0 Å². The largest absolute Gasteiger partial charge is 0.481 e. The standard InChI is InChI=1S/C54H63N9O33/c64-34(55-28(49(85)86)10-37(67)68)7-25(46(82)61-31(52(91)92)13-40(73)74)58-43(79)16-1-19-20(2-16)22-5-18(45(81)60-27(48(84)63-33(54(95)96)15-42(77)78)9-36(66)57-30(51(89)90)12-39(71)72)6-24(22)23-4-17(3-21(19)23)44(80)59-26(47(83)62-32(53(93)94)14-41(75)76)8-35(65)56-29(50(87)88)11-38(69)70/h16-18,25-33H,1-15H2,(H,55,64)(H,56,65)(H,57,66)(H,58,79)(H,59,80)(H,60,81)(H,61,82)(H,62,83)(H,63,84)(H,67,68)(H,69,70)(H,71,72)(H,73,74)(H,75,76)(H,77,78)(H,85,86)(H,87,88)(H,89,90)(H,91,92)(H,93,94)(H,95,96). The minimum absolute atomic E-state index is 0.232. The van der Waals surface area contributed by atoms with E-state index >= 15 is 0 Å². The second-order valence-corrected chi connectivity index (χ2v) is 22.1. The highest BCUT2D eigenvalue weighted by atomic mass is 16.4. The highest BCUT2D eigenvalue weighted by molar-refractivity contribution is 6.00. The average Bonchev–Trinajstić information content (AvgIpc) is 1.57. The fourth-order valence-corrected chi connectivity index (χ4v) is 10.7. The Bertz CT molecular complexity index is 3030. The molecule has 0 heterocycles. The topological polar surface area (TPSA) is 710 Å². The van der Waals surface area contributed by atoms with E-state index in [4.69, 9.17) is 0 Å². The van der Waals surface area contributed by atoms with Crippen molar-refractivity contribution < 1.29 is 162 Å². The lowest BCUT2D eigenvalue weighted by molar-refractivity contribution is -0.148. The number of fused-ring (bicyclic) bond motifs is 6. The summed E-state index contributed by atoms with van der Waals surface area (Å²) in [7, 11) is 0. The van der Waals surface area contributed by atoms with Crippen molar-refractivity contribution in [1.82, 2.24) is 47.9 Å². The van der Waals surface area contributed by atoms with Gasteiger partial charge in [0.1, 0.15) is 54.4 Å². The van der Waals surface area contributed by atoms with Gasteiger partial charge in [-0.25, -0.2) is 28.8 Å². The number of aliphatic carboxylic acids is 12. The molecule has 1 aromatic carbocycles. The quantitative estimate of drug-likeness (QED) is 0.0291. The summed E-state index contributed by atoms with van der Waals surface area (Å²) in [6, 6.07) is -19.7. The van der Waals surface area contributed by atoms with Crippen LogP contribution in [-0.4, -0.2) is 240 Å². The maximum atomic E-state index is 14.5. The molecule has 9 unspecified atom stereocenters. The first-order valence-electron chi connectivity index (χ1n) is 28.2. The Balaban J connectivity index is 1.85. The molecule has 21 N–H and O–H groups in total. The highest BCUT2D eigenvalue weighted by Gasteiger charge is 2.45. The number of benzene rings is 1. The van der Waals surface area contributed by atoms with E-state index in [1.54, 1.807) is 0 Å². The SMILES string of the molecule is O=C(O)CC(NC(=O)CC(NC(=O)C1Cc2c3c(c4c(c2C1)CC(C(=O)NC(CC(=O)NC(CC(=O)O)C(=O)O)C(=O)NC(CC(=O)O)C(=O)O)C4)CC(C(=O)NC(CC(=O)NC(CC(=O)O)C(=O)O)C(=O)NC(CC(=O)O)C(=O)O)C3)C(=O)NC(CC(=O)O)C(=O)O)C(=O)O. The molecule has 0 spiro atoms. The average molecular weight is 1370 g/mol. The van der Waals surface area contributed by atoms with Crippen molar-refractivity contribution in [3.63, 3.8) is 0 Å². The lowest BCUT2D eigenvalue weighted by Gasteiger charge is -2.23. The van der Waals surface area contributed by atoms with Gasteiger partial charge in [-0.15, -0.1) is 0 Å². The van der Waals surface area contributed by atoms with Gasteiger partial charge < -0.3 is 109 Å². The summed E-state index contributed by atoms with van der Waals surface area (Å²) in [6.45, 7) is 0. The molecule has 0 fully saturated rings. The number of carboxylic acids is 12. The lowest BCUT2D eigenvalue weighted by atomic mass is 9.90. The van der Waals surface area contributed by atoms with E-state index in [0.717, 1.165) is 0 Å². The predicted molar refractivity (Wildman–Crippen MR) is 300 cm³/mol. The second-order valence-electron chi connectivity index (χ2n) is 22.1. The summed E-state index contributed by atoms with van der Waals surface area (Å²) < 4.78 is 0. The van der Waals surface area contributed by atoms with Crippen LogP contribution in [0, 0.1) is 17.8 Å². The Morgan fingerprint density at radius 2 is 0.385 bits per heavy atom. The van der Waals surface area contributed by atoms with Crippen LogP contribution in [0.5, 0.6) is 0 Å². The summed E-state index contributed by atoms with van der Waals surface area (Å²) in [4.78, 5) is 265. The number of hydrogen-bond acceptors (Lipinski definition) is 21. The van der Waals surface area contributed by atoms with E-state index < -0.39 is 293 Å². The van der Waals surface area contributed by atoms with Gasteiger partial charge in [0.25, 0.3) is 0 Å². The molecule has 0 saturated carbocycles. The molecular formula is C54H63N9O33. The summed E-state index contributed by atoms with van der Waals surface area (Å²) in [5, 5.41) is 131. The molecule has 522 valence electrons. The van der Waals surface area contributed by atoms with Gasteiger partial charge in [-0.05, 0) is 71.9 Å². The zero-order chi connectivity index (χ0) is 72.5. The molecule has 3 aliphatic carbocycles. The molecule has 0 aromatic heterocycles. The Hall–Kier alpha value is -11.9. The van der Waals surface area contributed by atoms with Crippen LogP contribution in [0.3, 0.4) is 0 Å². The minimum Gasteiger partial charge on any atom is -0.481 e. The van der Waals surface area contributed by atoms with E-state index in [0.29, 0.717) is 0 Å². The van der Waals surface area contributed by atoms with Crippen molar-refractivity contribution >= 4 is 125 Å². The Morgan fingerprint density at radius 1 is 0.229 bits per heavy atom. The lowest BCUT2D eigenvalue weighted by Crippen LogP contribution is -2.55. The zero-order valence-corrected chi connectivity index (χ0v) is 49.5. The number of carboxylic acid groups (broad SMARTS) is 12. The van der Waals surface area contributed by atoms with Crippen molar-refractivity contribution in [3.05, 3.63) is 33.4 Å². The highest BCUT2D eigenvalue weighted by Crippen LogP contribution is 2.46.